The molecule has 0 radical (unpaired) electrons. The predicted octanol–water partition coefficient (Wildman–Crippen LogP) is 6.61. The molecule has 0 atom stereocenters. The number of rotatable bonds is 5. The van der Waals surface area contributed by atoms with E-state index in [9.17, 15) is 9.59 Å². The minimum atomic E-state index is -0.108. The fraction of sp³-hybridized carbons (Fsp3) is 0.208. The fourth-order valence-electron chi connectivity index (χ4n) is 4.00. The van der Waals surface area contributed by atoms with Gasteiger partial charge < -0.3 is 0 Å². The first-order valence-electron chi connectivity index (χ1n) is 10.3. The molecular formula is C24H18Cl2N2O2S2. The number of hydrogen-bond acceptors (Lipinski definition) is 5. The van der Waals surface area contributed by atoms with E-state index in [2.05, 4.69) is 0 Å². The largest absolute Gasteiger partial charge is 0.293 e. The number of aromatic nitrogens is 2. The Morgan fingerprint density at radius 1 is 1.06 bits per heavy atom. The number of ketones is 1. The highest BCUT2D eigenvalue weighted by molar-refractivity contribution is 7.99. The average Bonchev–Trinajstić information content (AvgIpc) is 3.17. The molecule has 162 valence electrons. The minimum Gasteiger partial charge on any atom is -0.293 e. The molecule has 0 aliphatic heterocycles. The van der Waals surface area contributed by atoms with Gasteiger partial charge in [-0.1, -0.05) is 47.1 Å². The molecule has 0 N–H and O–H groups in total. The van der Waals surface area contributed by atoms with Gasteiger partial charge in [0, 0.05) is 15.5 Å². The maximum Gasteiger partial charge on any atom is 0.267 e. The van der Waals surface area contributed by atoms with Crippen molar-refractivity contribution in [3.63, 3.8) is 0 Å². The Hall–Kier alpha value is -2.12. The molecule has 0 bridgehead atoms. The van der Waals surface area contributed by atoms with Crippen LogP contribution in [0.2, 0.25) is 10.0 Å². The second kappa shape index (κ2) is 9.02. The molecule has 4 nitrogen and oxygen atoms in total. The van der Waals surface area contributed by atoms with Crippen molar-refractivity contribution in [3.8, 4) is 5.69 Å². The summed E-state index contributed by atoms with van der Waals surface area (Å²) < 4.78 is 1.60. The molecule has 0 unspecified atom stereocenters. The van der Waals surface area contributed by atoms with Crippen molar-refractivity contribution < 1.29 is 4.79 Å². The first-order chi connectivity index (χ1) is 15.5. The highest BCUT2D eigenvalue weighted by Gasteiger charge is 2.23. The van der Waals surface area contributed by atoms with Crippen LogP contribution in [-0.2, 0) is 12.8 Å². The average molecular weight is 501 g/mol. The van der Waals surface area contributed by atoms with E-state index in [1.807, 2.05) is 0 Å². The van der Waals surface area contributed by atoms with Gasteiger partial charge in [0.15, 0.2) is 10.9 Å². The van der Waals surface area contributed by atoms with Crippen molar-refractivity contribution in [2.45, 2.75) is 30.8 Å². The molecule has 2 heterocycles. The molecule has 4 aromatic rings. The molecule has 5 rings (SSSR count). The fourth-order valence-corrected chi connectivity index (χ4v) is 6.56. The molecule has 0 fully saturated rings. The van der Waals surface area contributed by atoms with Gasteiger partial charge in [0.1, 0.15) is 4.83 Å². The molecule has 2 aromatic heterocycles. The van der Waals surface area contributed by atoms with Crippen LogP contribution in [-0.4, -0.2) is 21.1 Å². The third kappa shape index (κ3) is 4.01. The van der Waals surface area contributed by atoms with Crippen molar-refractivity contribution in [2.75, 3.05) is 5.75 Å². The van der Waals surface area contributed by atoms with Gasteiger partial charge in [-0.25, -0.2) is 4.98 Å². The lowest BCUT2D eigenvalue weighted by molar-refractivity contribution is 0.102. The van der Waals surface area contributed by atoms with E-state index >= 15 is 0 Å². The second-order valence-electron chi connectivity index (χ2n) is 7.59. The summed E-state index contributed by atoms with van der Waals surface area (Å²) in [5.74, 6) is 0.0171. The van der Waals surface area contributed by atoms with Crippen LogP contribution < -0.4 is 5.56 Å². The normalized spacial score (nSPS) is 13.3. The van der Waals surface area contributed by atoms with Crippen LogP contribution in [0.25, 0.3) is 15.9 Å². The molecule has 0 amide bonds. The van der Waals surface area contributed by atoms with Gasteiger partial charge in [-0.3, -0.25) is 14.2 Å². The molecule has 1 aliphatic rings. The Bertz CT molecular complexity index is 1390. The summed E-state index contributed by atoms with van der Waals surface area (Å²) in [7, 11) is 0. The van der Waals surface area contributed by atoms with E-state index in [1.165, 1.54) is 16.6 Å². The van der Waals surface area contributed by atoms with Crippen molar-refractivity contribution in [2.24, 2.45) is 0 Å². The molecular weight excluding hydrogens is 483 g/mol. The number of carbonyl (C=O) groups excluding carboxylic acids is 1. The Morgan fingerprint density at radius 3 is 2.59 bits per heavy atom. The number of fused-ring (bicyclic) bond motifs is 3. The quantitative estimate of drug-likeness (QED) is 0.176. The van der Waals surface area contributed by atoms with Crippen LogP contribution in [0.15, 0.2) is 58.5 Å². The van der Waals surface area contributed by atoms with Crippen molar-refractivity contribution in [1.29, 1.82) is 0 Å². The van der Waals surface area contributed by atoms with Crippen LogP contribution >= 0.6 is 46.3 Å². The number of halogens is 2. The van der Waals surface area contributed by atoms with Crippen molar-refractivity contribution >= 4 is 62.3 Å². The highest BCUT2D eigenvalue weighted by atomic mass is 35.5. The lowest BCUT2D eigenvalue weighted by atomic mass is 9.97. The first kappa shape index (κ1) is 21.7. The first-order valence-corrected chi connectivity index (χ1v) is 12.8. The van der Waals surface area contributed by atoms with E-state index in [4.69, 9.17) is 28.2 Å². The molecule has 2 aromatic carbocycles. The van der Waals surface area contributed by atoms with E-state index in [-0.39, 0.29) is 17.1 Å². The molecule has 8 heteroatoms. The zero-order chi connectivity index (χ0) is 22.2. The Morgan fingerprint density at radius 2 is 1.81 bits per heavy atom. The monoisotopic (exact) mass is 500 g/mol. The smallest absolute Gasteiger partial charge is 0.267 e. The second-order valence-corrected chi connectivity index (χ2v) is 10.5. The predicted molar refractivity (Wildman–Crippen MR) is 133 cm³/mol. The van der Waals surface area contributed by atoms with Gasteiger partial charge in [-0.2, -0.15) is 0 Å². The number of benzene rings is 2. The number of thiophene rings is 1. The van der Waals surface area contributed by atoms with E-state index in [0.717, 1.165) is 36.1 Å². The summed E-state index contributed by atoms with van der Waals surface area (Å²) in [5.41, 5.74) is 2.19. The number of nitrogens with zero attached hydrogens (tertiary/aromatic N) is 2. The molecule has 0 saturated heterocycles. The summed E-state index contributed by atoms with van der Waals surface area (Å²) in [6.07, 6.45) is 4.12. The maximum absolute atomic E-state index is 13.7. The topological polar surface area (TPSA) is 52.0 Å². The Balaban J connectivity index is 1.61. The lowest BCUT2D eigenvalue weighted by Gasteiger charge is -2.13. The Kier molecular flexibility index (Phi) is 6.12. The van der Waals surface area contributed by atoms with Crippen molar-refractivity contribution in [1.82, 2.24) is 9.55 Å². The van der Waals surface area contributed by atoms with E-state index in [0.29, 0.717) is 31.8 Å². The summed E-state index contributed by atoms with van der Waals surface area (Å²) in [6.45, 7) is 0. The zero-order valence-electron chi connectivity index (χ0n) is 16.9. The van der Waals surface area contributed by atoms with Crippen LogP contribution in [0.3, 0.4) is 0 Å². The maximum atomic E-state index is 13.7. The number of hydrogen-bond donors (Lipinski definition) is 0. The summed E-state index contributed by atoms with van der Waals surface area (Å²) in [4.78, 5) is 33.4. The van der Waals surface area contributed by atoms with Crippen LogP contribution in [0.1, 0.15) is 33.6 Å². The van der Waals surface area contributed by atoms with Gasteiger partial charge in [-0.05, 0) is 67.6 Å². The number of aryl methyl sites for hydroxylation is 2. The van der Waals surface area contributed by atoms with Gasteiger partial charge in [-0.15, -0.1) is 11.3 Å². The molecule has 0 saturated carbocycles. The molecule has 0 spiro atoms. The summed E-state index contributed by atoms with van der Waals surface area (Å²) >= 11 is 15.1. The third-order valence-electron chi connectivity index (χ3n) is 5.55. The van der Waals surface area contributed by atoms with Gasteiger partial charge in [0.05, 0.1) is 21.8 Å². The van der Waals surface area contributed by atoms with Gasteiger partial charge >= 0.3 is 0 Å². The van der Waals surface area contributed by atoms with E-state index < -0.39 is 0 Å². The number of carbonyl (C=O) groups is 1. The standard InChI is InChI=1S/C24H18Cl2N2O2S2/c25-14-9-11-15(12-10-14)28-23(30)21-17-6-2-4-8-20(17)32-22(21)27-24(28)31-13-19(29)16-5-1-3-7-18(16)26/h1,3,5,7,9-12H,2,4,6,8,13H2. The highest BCUT2D eigenvalue weighted by Crippen LogP contribution is 2.35. The SMILES string of the molecule is O=C(CSc1nc2sc3c(c2c(=O)n1-c1ccc(Cl)cc1)CCCC3)c1ccccc1Cl. The Labute approximate surface area is 203 Å². The minimum absolute atomic E-state index is 0.0931. The molecule has 32 heavy (non-hydrogen) atoms. The van der Waals surface area contributed by atoms with Gasteiger partial charge in [0.25, 0.3) is 5.56 Å². The summed E-state index contributed by atoms with van der Waals surface area (Å²) in [5, 5.41) is 2.21. The van der Waals surface area contributed by atoms with Gasteiger partial charge in [0.2, 0.25) is 0 Å². The molecule has 1 aliphatic carbocycles. The van der Waals surface area contributed by atoms with Crippen LogP contribution in [0.4, 0.5) is 0 Å². The van der Waals surface area contributed by atoms with E-state index in [1.54, 1.807) is 64.4 Å². The lowest BCUT2D eigenvalue weighted by Crippen LogP contribution is -2.22. The third-order valence-corrected chi connectivity index (χ3v) is 8.26. The summed E-state index contributed by atoms with van der Waals surface area (Å²) in [6, 6.07) is 14.1. The van der Waals surface area contributed by atoms with Crippen LogP contribution in [0, 0.1) is 0 Å². The number of Topliss-reactive ketones (excluding diaryl/α,β-unsaturated/α-hetero) is 1. The van der Waals surface area contributed by atoms with Crippen molar-refractivity contribution in [3.05, 3.63) is 84.9 Å². The number of thioether (sulfide) groups is 1. The van der Waals surface area contributed by atoms with Crippen LogP contribution in [0.5, 0.6) is 0 Å². The zero-order valence-corrected chi connectivity index (χ0v) is 20.1.